The maximum absolute atomic E-state index is 12.1. The Hall–Kier alpha value is -2.37. The number of amides is 1. The molecule has 1 N–H and O–H groups in total. The van der Waals surface area contributed by atoms with Crippen LogP contribution < -0.4 is 10.1 Å². The summed E-state index contributed by atoms with van der Waals surface area (Å²) in [6.07, 6.45) is -4.50. The molecule has 12 heteroatoms. The molecule has 1 amide bonds. The average molecular weight is 397 g/mol. The Balaban J connectivity index is 1.95. The van der Waals surface area contributed by atoms with Gasteiger partial charge in [0.25, 0.3) is 5.22 Å². The highest BCUT2D eigenvalue weighted by molar-refractivity contribution is 8.00. The van der Waals surface area contributed by atoms with Crippen LogP contribution in [0.15, 0.2) is 33.9 Å². The van der Waals surface area contributed by atoms with E-state index < -0.39 is 30.5 Å². The summed E-state index contributed by atoms with van der Waals surface area (Å²) in [5.41, 5.74) is 0.417. The van der Waals surface area contributed by atoms with Crippen LogP contribution >= 0.6 is 11.8 Å². The van der Waals surface area contributed by atoms with Crippen LogP contribution in [-0.2, 0) is 4.79 Å². The zero-order valence-electron chi connectivity index (χ0n) is 13.1. The number of aromatic nitrogens is 2. The van der Waals surface area contributed by atoms with Crippen molar-refractivity contribution in [1.82, 2.24) is 15.5 Å². The SMILES string of the molecule is CC(Sc1nnc(-c2ccc(OC(F)F)cc2)o1)C(=O)NCC(F)(F)F. The monoisotopic (exact) mass is 397 g/mol. The van der Waals surface area contributed by atoms with Gasteiger partial charge >= 0.3 is 12.8 Å². The van der Waals surface area contributed by atoms with Crippen LogP contribution in [0.1, 0.15) is 6.92 Å². The maximum Gasteiger partial charge on any atom is 0.405 e. The third-order valence-electron chi connectivity index (χ3n) is 2.84. The van der Waals surface area contributed by atoms with Crippen LogP contribution in [0.25, 0.3) is 11.5 Å². The first-order valence-electron chi connectivity index (χ1n) is 7.04. The molecule has 0 radical (unpaired) electrons. The molecule has 6 nitrogen and oxygen atoms in total. The van der Waals surface area contributed by atoms with Crippen LogP contribution in [0.3, 0.4) is 0 Å². The predicted octanol–water partition coefficient (Wildman–Crippen LogP) is 3.50. The molecule has 0 aliphatic carbocycles. The van der Waals surface area contributed by atoms with Crippen LogP contribution in [-0.4, -0.2) is 40.7 Å². The Bertz CT molecular complexity index is 736. The summed E-state index contributed by atoms with van der Waals surface area (Å²) in [6, 6.07) is 5.40. The number of nitrogens with one attached hydrogen (secondary N) is 1. The quantitative estimate of drug-likeness (QED) is 0.569. The topological polar surface area (TPSA) is 77.2 Å². The standard InChI is InChI=1S/C14H12F5N3O3S/c1-7(10(23)20-6-14(17,18)19)26-13-22-21-11(25-13)8-2-4-9(5-3-8)24-12(15)16/h2-5,7,12H,6H2,1H3,(H,20,23). The lowest BCUT2D eigenvalue weighted by atomic mass is 10.2. The summed E-state index contributed by atoms with van der Waals surface area (Å²) in [4.78, 5) is 11.6. The summed E-state index contributed by atoms with van der Waals surface area (Å²) >= 11 is 0.786. The van der Waals surface area contributed by atoms with Gasteiger partial charge in [0, 0.05) is 5.56 Å². The molecule has 0 fully saturated rings. The van der Waals surface area contributed by atoms with E-state index in [1.807, 2.05) is 0 Å². The van der Waals surface area contributed by atoms with E-state index in [9.17, 15) is 26.7 Å². The minimum Gasteiger partial charge on any atom is -0.435 e. The molecular formula is C14H12F5N3O3S. The summed E-state index contributed by atoms with van der Waals surface area (Å²) in [5.74, 6) is -0.826. The smallest absolute Gasteiger partial charge is 0.405 e. The van der Waals surface area contributed by atoms with Gasteiger partial charge in [-0.1, -0.05) is 11.8 Å². The third kappa shape index (κ3) is 6.17. The molecule has 0 aliphatic heterocycles. The number of hydrogen-bond acceptors (Lipinski definition) is 6. The Morgan fingerprint density at radius 1 is 1.27 bits per heavy atom. The molecule has 1 aromatic carbocycles. The van der Waals surface area contributed by atoms with E-state index in [2.05, 4.69) is 14.9 Å². The van der Waals surface area contributed by atoms with Crippen molar-refractivity contribution in [3.8, 4) is 17.2 Å². The zero-order chi connectivity index (χ0) is 19.3. The van der Waals surface area contributed by atoms with Gasteiger partial charge in [-0.2, -0.15) is 22.0 Å². The molecule has 0 saturated heterocycles. The molecule has 0 bridgehead atoms. The minimum absolute atomic E-state index is 0.0254. The number of benzene rings is 1. The Labute approximate surface area is 148 Å². The van der Waals surface area contributed by atoms with Crippen molar-refractivity contribution in [2.24, 2.45) is 0 Å². The molecule has 0 spiro atoms. The average Bonchev–Trinajstić information content (AvgIpc) is 3.00. The van der Waals surface area contributed by atoms with Crippen molar-refractivity contribution in [2.75, 3.05) is 6.54 Å². The third-order valence-corrected chi connectivity index (χ3v) is 3.78. The fourth-order valence-corrected chi connectivity index (χ4v) is 2.40. The number of hydrogen-bond donors (Lipinski definition) is 1. The maximum atomic E-state index is 12.1. The highest BCUT2D eigenvalue weighted by Crippen LogP contribution is 2.27. The largest absolute Gasteiger partial charge is 0.435 e. The summed E-state index contributed by atoms with van der Waals surface area (Å²) < 4.78 is 69.9. The molecule has 26 heavy (non-hydrogen) atoms. The molecule has 0 aliphatic rings. The second-order valence-electron chi connectivity index (χ2n) is 4.87. The van der Waals surface area contributed by atoms with Gasteiger partial charge in [0.05, 0.1) is 5.25 Å². The summed E-state index contributed by atoms with van der Waals surface area (Å²) in [5, 5.41) is 8.26. The molecular weight excluding hydrogens is 385 g/mol. The van der Waals surface area contributed by atoms with Crippen molar-refractivity contribution < 1.29 is 35.9 Å². The molecule has 1 unspecified atom stereocenters. The number of thioether (sulfide) groups is 1. The minimum atomic E-state index is -4.50. The molecule has 0 saturated carbocycles. The van der Waals surface area contributed by atoms with Crippen molar-refractivity contribution >= 4 is 17.7 Å². The van der Waals surface area contributed by atoms with E-state index in [1.54, 1.807) is 5.32 Å². The van der Waals surface area contributed by atoms with E-state index in [4.69, 9.17) is 4.42 Å². The van der Waals surface area contributed by atoms with Gasteiger partial charge in [-0.3, -0.25) is 4.79 Å². The number of rotatable bonds is 7. The van der Waals surface area contributed by atoms with E-state index in [-0.39, 0.29) is 16.9 Å². The van der Waals surface area contributed by atoms with E-state index >= 15 is 0 Å². The van der Waals surface area contributed by atoms with Crippen molar-refractivity contribution in [3.05, 3.63) is 24.3 Å². The first kappa shape index (κ1) is 19.9. The van der Waals surface area contributed by atoms with Gasteiger partial charge < -0.3 is 14.5 Å². The summed E-state index contributed by atoms with van der Waals surface area (Å²) in [7, 11) is 0. The predicted molar refractivity (Wildman–Crippen MR) is 80.7 cm³/mol. The molecule has 1 heterocycles. The zero-order valence-corrected chi connectivity index (χ0v) is 13.9. The number of alkyl halides is 5. The lowest BCUT2D eigenvalue weighted by molar-refractivity contribution is -0.137. The fourth-order valence-electron chi connectivity index (χ4n) is 1.69. The van der Waals surface area contributed by atoms with E-state index in [1.165, 1.54) is 31.2 Å². The normalized spacial score (nSPS) is 12.9. The number of halogens is 5. The molecule has 1 atom stereocenters. The van der Waals surface area contributed by atoms with Crippen LogP contribution in [0.4, 0.5) is 22.0 Å². The number of carbonyl (C=O) groups excluding carboxylic acids is 1. The van der Waals surface area contributed by atoms with Crippen LogP contribution in [0.2, 0.25) is 0 Å². The van der Waals surface area contributed by atoms with Crippen LogP contribution in [0.5, 0.6) is 5.75 Å². The second kappa shape index (κ2) is 8.34. The lowest BCUT2D eigenvalue weighted by Crippen LogP contribution is -2.37. The molecule has 2 rings (SSSR count). The second-order valence-corrected chi connectivity index (χ2v) is 6.16. The Kier molecular flexibility index (Phi) is 6.40. The van der Waals surface area contributed by atoms with Gasteiger partial charge in [-0.25, -0.2) is 0 Å². The van der Waals surface area contributed by atoms with Crippen molar-refractivity contribution in [1.29, 1.82) is 0 Å². The number of carbonyl (C=O) groups is 1. The van der Waals surface area contributed by atoms with Gasteiger partial charge in [-0.15, -0.1) is 10.2 Å². The first-order valence-corrected chi connectivity index (χ1v) is 7.92. The van der Waals surface area contributed by atoms with Gasteiger partial charge in [0.1, 0.15) is 12.3 Å². The van der Waals surface area contributed by atoms with Crippen molar-refractivity contribution in [2.45, 2.75) is 30.2 Å². The Morgan fingerprint density at radius 2 is 1.92 bits per heavy atom. The van der Waals surface area contributed by atoms with Gasteiger partial charge in [0.2, 0.25) is 11.8 Å². The number of nitrogens with zero attached hydrogens (tertiary/aromatic N) is 2. The van der Waals surface area contributed by atoms with Gasteiger partial charge in [-0.05, 0) is 31.2 Å². The van der Waals surface area contributed by atoms with Crippen molar-refractivity contribution in [3.63, 3.8) is 0 Å². The van der Waals surface area contributed by atoms with Crippen LogP contribution in [0, 0.1) is 0 Å². The Morgan fingerprint density at radius 3 is 2.50 bits per heavy atom. The first-order chi connectivity index (χ1) is 12.1. The van der Waals surface area contributed by atoms with Gasteiger partial charge in [0.15, 0.2) is 0 Å². The highest BCUT2D eigenvalue weighted by Gasteiger charge is 2.29. The molecule has 2 aromatic rings. The van der Waals surface area contributed by atoms with E-state index in [0.29, 0.717) is 5.56 Å². The molecule has 1 aromatic heterocycles. The highest BCUT2D eigenvalue weighted by atomic mass is 32.2. The number of ether oxygens (including phenoxy) is 1. The lowest BCUT2D eigenvalue weighted by Gasteiger charge is -2.11. The fraction of sp³-hybridized carbons (Fsp3) is 0.357. The van der Waals surface area contributed by atoms with E-state index in [0.717, 1.165) is 11.8 Å². The molecule has 142 valence electrons. The summed E-state index contributed by atoms with van der Waals surface area (Å²) in [6.45, 7) is -2.99.